The first kappa shape index (κ1) is 11.1. The van der Waals surface area contributed by atoms with Gasteiger partial charge in [-0.3, -0.25) is 9.78 Å². The molecule has 0 aromatic carbocycles. The molecule has 0 bridgehead atoms. The summed E-state index contributed by atoms with van der Waals surface area (Å²) in [7, 11) is 0. The third-order valence-corrected chi connectivity index (χ3v) is 3.45. The average molecular weight is 269 g/mol. The molecule has 0 aliphatic carbocycles. The smallest absolute Gasteiger partial charge is 0.262 e. The van der Waals surface area contributed by atoms with Crippen molar-refractivity contribution in [3.63, 3.8) is 0 Å². The lowest BCUT2D eigenvalue weighted by Crippen LogP contribution is -2.13. The fourth-order valence-electron chi connectivity index (χ4n) is 2.56. The van der Waals surface area contributed by atoms with Crippen molar-refractivity contribution in [1.29, 1.82) is 0 Å². The van der Waals surface area contributed by atoms with Gasteiger partial charge in [-0.15, -0.1) is 0 Å². The van der Waals surface area contributed by atoms with Gasteiger partial charge in [0.15, 0.2) is 5.65 Å². The van der Waals surface area contributed by atoms with Crippen LogP contribution in [0.2, 0.25) is 0 Å². The Labute approximate surface area is 112 Å². The van der Waals surface area contributed by atoms with Gasteiger partial charge in [-0.2, -0.15) is 19.7 Å². The summed E-state index contributed by atoms with van der Waals surface area (Å²) < 4.78 is 3.42. The molecule has 4 rings (SSSR count). The molecule has 4 aromatic heterocycles. The zero-order chi connectivity index (χ0) is 13.9. The Morgan fingerprint density at radius 3 is 3.00 bits per heavy atom. The van der Waals surface area contributed by atoms with Crippen LogP contribution in [0, 0.1) is 6.92 Å². The summed E-state index contributed by atoms with van der Waals surface area (Å²) >= 11 is 0. The standard InChI is InChI=1S/C12H11N7O/c1-3-18-10-7(4-14-18)9-8(6(2)16-10)11(20)17-12-13-5-15-19(9)12/h4-5H,3H2,1-2H3,(H,13,15,17,20). The van der Waals surface area contributed by atoms with Gasteiger partial charge < -0.3 is 0 Å². The third kappa shape index (κ3) is 1.22. The van der Waals surface area contributed by atoms with Crippen molar-refractivity contribution in [2.24, 2.45) is 0 Å². The number of hydrogen-bond acceptors (Lipinski definition) is 5. The van der Waals surface area contributed by atoms with Crippen molar-refractivity contribution in [3.8, 4) is 0 Å². The van der Waals surface area contributed by atoms with Crippen LogP contribution in [0.3, 0.4) is 0 Å². The Hall–Kier alpha value is -2.77. The highest BCUT2D eigenvalue weighted by Gasteiger charge is 2.16. The number of rotatable bonds is 1. The van der Waals surface area contributed by atoms with Crippen molar-refractivity contribution in [1.82, 2.24) is 34.3 Å². The average Bonchev–Trinajstić information content (AvgIpc) is 3.03. The Balaban J connectivity index is 2.41. The van der Waals surface area contributed by atoms with Crippen LogP contribution in [-0.4, -0.2) is 34.3 Å². The third-order valence-electron chi connectivity index (χ3n) is 3.45. The molecule has 0 spiro atoms. The molecule has 8 heteroatoms. The number of pyridine rings is 1. The van der Waals surface area contributed by atoms with Gasteiger partial charge in [-0.05, 0) is 13.8 Å². The van der Waals surface area contributed by atoms with Crippen molar-refractivity contribution in [3.05, 3.63) is 28.6 Å². The first-order valence-corrected chi connectivity index (χ1v) is 6.28. The summed E-state index contributed by atoms with van der Waals surface area (Å²) in [5.41, 5.74) is 1.89. The zero-order valence-electron chi connectivity index (χ0n) is 11.0. The maximum absolute atomic E-state index is 12.2. The minimum absolute atomic E-state index is 0.211. The molecule has 0 aliphatic heterocycles. The van der Waals surface area contributed by atoms with E-state index in [4.69, 9.17) is 0 Å². The quantitative estimate of drug-likeness (QED) is 0.547. The number of H-pyrrole nitrogens is 1. The molecule has 4 heterocycles. The molecule has 0 fully saturated rings. The topological polar surface area (TPSA) is 93.8 Å². The maximum Gasteiger partial charge on any atom is 0.262 e. The second-order valence-corrected chi connectivity index (χ2v) is 4.57. The molecular formula is C12H11N7O. The summed E-state index contributed by atoms with van der Waals surface area (Å²) in [4.78, 5) is 23.5. The molecule has 0 radical (unpaired) electrons. The van der Waals surface area contributed by atoms with Crippen LogP contribution >= 0.6 is 0 Å². The number of nitrogens with zero attached hydrogens (tertiary/aromatic N) is 6. The summed E-state index contributed by atoms with van der Waals surface area (Å²) in [5.74, 6) is 0.415. The predicted octanol–water partition coefficient (Wildman–Crippen LogP) is 0.644. The predicted molar refractivity (Wildman–Crippen MR) is 72.6 cm³/mol. The molecule has 100 valence electrons. The fraction of sp³-hybridized carbons (Fsp3) is 0.250. The van der Waals surface area contributed by atoms with Gasteiger partial charge in [-0.1, -0.05) is 0 Å². The van der Waals surface area contributed by atoms with Crippen molar-refractivity contribution in [2.45, 2.75) is 20.4 Å². The second-order valence-electron chi connectivity index (χ2n) is 4.57. The van der Waals surface area contributed by atoms with E-state index in [0.717, 1.165) is 11.0 Å². The Morgan fingerprint density at radius 1 is 1.35 bits per heavy atom. The molecule has 0 atom stereocenters. The number of hydrogen-bond donors (Lipinski definition) is 1. The van der Waals surface area contributed by atoms with E-state index >= 15 is 0 Å². The number of aromatic amines is 1. The molecule has 20 heavy (non-hydrogen) atoms. The van der Waals surface area contributed by atoms with Gasteiger partial charge in [-0.25, -0.2) is 9.67 Å². The molecule has 0 unspecified atom stereocenters. The second kappa shape index (κ2) is 3.62. The van der Waals surface area contributed by atoms with E-state index in [1.165, 1.54) is 6.33 Å². The van der Waals surface area contributed by atoms with Crippen LogP contribution < -0.4 is 5.56 Å². The number of nitrogens with one attached hydrogen (secondary N) is 1. The lowest BCUT2D eigenvalue weighted by atomic mass is 10.2. The maximum atomic E-state index is 12.2. The summed E-state index contributed by atoms with van der Waals surface area (Å²) in [6, 6.07) is 0. The van der Waals surface area contributed by atoms with E-state index in [2.05, 4.69) is 25.1 Å². The van der Waals surface area contributed by atoms with Crippen molar-refractivity contribution < 1.29 is 0 Å². The van der Waals surface area contributed by atoms with Crippen LogP contribution in [0.4, 0.5) is 0 Å². The van der Waals surface area contributed by atoms with Gasteiger partial charge in [0.05, 0.1) is 28.2 Å². The van der Waals surface area contributed by atoms with Crippen molar-refractivity contribution >= 4 is 27.7 Å². The van der Waals surface area contributed by atoms with Crippen LogP contribution in [0.1, 0.15) is 12.6 Å². The van der Waals surface area contributed by atoms with Crippen LogP contribution in [0.25, 0.3) is 27.7 Å². The largest absolute Gasteiger partial charge is 0.290 e. The molecule has 0 saturated carbocycles. The van der Waals surface area contributed by atoms with E-state index in [9.17, 15) is 4.79 Å². The van der Waals surface area contributed by atoms with Gasteiger partial charge in [0.1, 0.15) is 6.33 Å². The lowest BCUT2D eigenvalue weighted by Gasteiger charge is -2.05. The molecular weight excluding hydrogens is 258 g/mol. The summed E-state index contributed by atoms with van der Waals surface area (Å²) in [6.45, 7) is 4.52. The monoisotopic (exact) mass is 269 g/mol. The Morgan fingerprint density at radius 2 is 2.20 bits per heavy atom. The van der Waals surface area contributed by atoms with Gasteiger partial charge in [0.2, 0.25) is 5.78 Å². The van der Waals surface area contributed by atoms with E-state index in [1.54, 1.807) is 15.4 Å². The molecule has 0 amide bonds. The molecule has 4 aromatic rings. The molecule has 1 N–H and O–H groups in total. The number of fused-ring (bicyclic) bond motifs is 5. The van der Waals surface area contributed by atoms with Gasteiger partial charge in [0, 0.05) is 6.54 Å². The number of aromatic nitrogens is 7. The molecule has 0 aliphatic rings. The van der Waals surface area contributed by atoms with E-state index < -0.39 is 0 Å². The molecule has 0 saturated heterocycles. The minimum Gasteiger partial charge on any atom is -0.290 e. The van der Waals surface area contributed by atoms with Crippen LogP contribution in [0.15, 0.2) is 17.3 Å². The summed E-state index contributed by atoms with van der Waals surface area (Å²) in [5, 5.41) is 9.81. The van der Waals surface area contributed by atoms with E-state index in [0.29, 0.717) is 28.9 Å². The van der Waals surface area contributed by atoms with Gasteiger partial charge >= 0.3 is 0 Å². The van der Waals surface area contributed by atoms with Crippen LogP contribution in [-0.2, 0) is 6.54 Å². The normalized spacial score (nSPS) is 11.9. The highest BCUT2D eigenvalue weighted by Crippen LogP contribution is 2.23. The highest BCUT2D eigenvalue weighted by molar-refractivity contribution is 6.03. The first-order valence-electron chi connectivity index (χ1n) is 6.28. The van der Waals surface area contributed by atoms with E-state index in [1.807, 2.05) is 13.8 Å². The zero-order valence-corrected chi connectivity index (χ0v) is 11.0. The highest BCUT2D eigenvalue weighted by atomic mass is 16.1. The Kier molecular flexibility index (Phi) is 2.01. The van der Waals surface area contributed by atoms with E-state index in [-0.39, 0.29) is 5.56 Å². The molecule has 8 nitrogen and oxygen atoms in total. The fourth-order valence-corrected chi connectivity index (χ4v) is 2.56. The Bertz CT molecular complexity index is 1020. The van der Waals surface area contributed by atoms with Gasteiger partial charge in [0.25, 0.3) is 5.56 Å². The van der Waals surface area contributed by atoms with Crippen LogP contribution in [0.5, 0.6) is 0 Å². The first-order chi connectivity index (χ1) is 9.70. The number of aryl methyl sites for hydroxylation is 2. The SMILES string of the molecule is CCn1ncc2c1nc(C)c1c(=O)[nH]c3ncnn3c12. The van der Waals surface area contributed by atoms with Crippen molar-refractivity contribution in [2.75, 3.05) is 0 Å². The minimum atomic E-state index is -0.211. The lowest BCUT2D eigenvalue weighted by molar-refractivity contribution is 0.676. The summed E-state index contributed by atoms with van der Waals surface area (Å²) in [6.07, 6.45) is 3.13.